The molecule has 0 amide bonds. The average Bonchev–Trinajstić information content (AvgIpc) is 3.01. The number of aryl methyl sites for hydroxylation is 2. The Kier molecular flexibility index (Phi) is 5.51. The predicted octanol–water partition coefficient (Wildman–Crippen LogP) is 2.90. The Bertz CT molecular complexity index is 1030. The largest absolute Gasteiger partial charge is 0.461 e. The van der Waals surface area contributed by atoms with E-state index in [0.29, 0.717) is 30.4 Å². The number of para-hydroxylation sites is 2. The summed E-state index contributed by atoms with van der Waals surface area (Å²) in [5.74, 6) is 0.0423. The lowest BCUT2D eigenvalue weighted by Gasteiger charge is -2.17. The van der Waals surface area contributed by atoms with Gasteiger partial charge in [0.1, 0.15) is 0 Å². The number of hydrogen-bond donors (Lipinski definition) is 2. The van der Waals surface area contributed by atoms with Gasteiger partial charge in [0, 0.05) is 18.8 Å². The van der Waals surface area contributed by atoms with Crippen molar-refractivity contribution in [2.45, 2.75) is 19.8 Å². The van der Waals surface area contributed by atoms with Gasteiger partial charge in [0.15, 0.2) is 5.69 Å². The molecule has 146 valence electrons. The first-order valence-electron chi connectivity index (χ1n) is 8.79. The molecule has 4 rings (SSSR count). The predicted molar refractivity (Wildman–Crippen MR) is 109 cm³/mol. The SMILES string of the molecule is CCOC(=O)c1nn(C)c2c1CCc1cnc(Nc3ccccc3N)nc1-2.Cl. The molecule has 28 heavy (non-hydrogen) atoms. The molecular formula is C19H21ClN6O2. The highest BCUT2D eigenvalue weighted by molar-refractivity contribution is 5.91. The van der Waals surface area contributed by atoms with Gasteiger partial charge in [-0.25, -0.2) is 14.8 Å². The number of nitrogens with two attached hydrogens (primary N) is 1. The van der Waals surface area contributed by atoms with Gasteiger partial charge in [-0.2, -0.15) is 5.10 Å². The molecule has 0 saturated carbocycles. The Labute approximate surface area is 168 Å². The summed E-state index contributed by atoms with van der Waals surface area (Å²) < 4.78 is 6.83. The van der Waals surface area contributed by atoms with E-state index in [9.17, 15) is 4.79 Å². The van der Waals surface area contributed by atoms with E-state index in [1.54, 1.807) is 18.7 Å². The smallest absolute Gasteiger partial charge is 0.359 e. The third-order valence-corrected chi connectivity index (χ3v) is 4.55. The van der Waals surface area contributed by atoms with E-state index in [-0.39, 0.29) is 12.4 Å². The number of benzene rings is 1. The van der Waals surface area contributed by atoms with E-state index in [4.69, 9.17) is 10.5 Å². The summed E-state index contributed by atoms with van der Waals surface area (Å²) in [7, 11) is 1.81. The van der Waals surface area contributed by atoms with E-state index in [0.717, 1.165) is 34.6 Å². The van der Waals surface area contributed by atoms with Crippen molar-refractivity contribution < 1.29 is 9.53 Å². The number of nitrogens with zero attached hydrogens (tertiary/aromatic N) is 4. The molecule has 9 heteroatoms. The minimum Gasteiger partial charge on any atom is -0.461 e. The molecule has 1 aromatic carbocycles. The zero-order chi connectivity index (χ0) is 19.0. The quantitative estimate of drug-likeness (QED) is 0.512. The normalized spacial score (nSPS) is 11.8. The summed E-state index contributed by atoms with van der Waals surface area (Å²) >= 11 is 0. The number of nitrogens with one attached hydrogen (secondary N) is 1. The fraction of sp³-hybridized carbons (Fsp3) is 0.263. The first kappa shape index (κ1) is 19.6. The number of nitrogen functional groups attached to an aromatic ring is 1. The van der Waals surface area contributed by atoms with Crippen molar-refractivity contribution in [1.82, 2.24) is 19.7 Å². The molecule has 0 spiro atoms. The first-order chi connectivity index (χ1) is 13.1. The topological polar surface area (TPSA) is 108 Å². The van der Waals surface area contributed by atoms with Crippen LogP contribution in [0.5, 0.6) is 0 Å². The lowest BCUT2D eigenvalue weighted by molar-refractivity contribution is 0.0517. The number of ether oxygens (including phenoxy) is 1. The van der Waals surface area contributed by atoms with Crippen LogP contribution in [0.25, 0.3) is 11.4 Å². The van der Waals surface area contributed by atoms with Gasteiger partial charge in [-0.05, 0) is 37.5 Å². The number of aromatic nitrogens is 4. The van der Waals surface area contributed by atoms with Gasteiger partial charge in [0.05, 0.1) is 29.4 Å². The van der Waals surface area contributed by atoms with Crippen LogP contribution in [-0.2, 0) is 24.6 Å². The van der Waals surface area contributed by atoms with Gasteiger partial charge in [-0.1, -0.05) is 12.1 Å². The number of carbonyl (C=O) groups is 1. The van der Waals surface area contributed by atoms with Crippen LogP contribution in [0.3, 0.4) is 0 Å². The number of anilines is 3. The third-order valence-electron chi connectivity index (χ3n) is 4.55. The maximum absolute atomic E-state index is 12.2. The van der Waals surface area contributed by atoms with Crippen molar-refractivity contribution in [2.24, 2.45) is 7.05 Å². The molecule has 2 heterocycles. The highest BCUT2D eigenvalue weighted by atomic mass is 35.5. The number of carbonyl (C=O) groups excluding carboxylic acids is 1. The van der Waals surface area contributed by atoms with Crippen LogP contribution in [0, 0.1) is 0 Å². The van der Waals surface area contributed by atoms with Crippen molar-refractivity contribution in [2.75, 3.05) is 17.7 Å². The van der Waals surface area contributed by atoms with Crippen LogP contribution in [-0.4, -0.2) is 32.3 Å². The van der Waals surface area contributed by atoms with Crippen LogP contribution in [0.4, 0.5) is 17.3 Å². The number of halogens is 1. The molecule has 3 N–H and O–H groups in total. The molecule has 0 radical (unpaired) electrons. The molecule has 0 bridgehead atoms. The van der Waals surface area contributed by atoms with Gasteiger partial charge >= 0.3 is 5.97 Å². The molecule has 0 atom stereocenters. The molecule has 0 aliphatic heterocycles. The summed E-state index contributed by atoms with van der Waals surface area (Å²) in [4.78, 5) is 21.3. The van der Waals surface area contributed by atoms with Gasteiger partial charge in [0.2, 0.25) is 5.95 Å². The number of rotatable bonds is 4. The second-order valence-electron chi connectivity index (χ2n) is 6.30. The number of esters is 1. The monoisotopic (exact) mass is 400 g/mol. The maximum atomic E-state index is 12.2. The lowest BCUT2D eigenvalue weighted by Crippen LogP contribution is -2.12. The summed E-state index contributed by atoms with van der Waals surface area (Å²) in [6.45, 7) is 2.10. The van der Waals surface area contributed by atoms with Crippen molar-refractivity contribution >= 4 is 35.7 Å². The maximum Gasteiger partial charge on any atom is 0.359 e. The number of fused-ring (bicyclic) bond motifs is 3. The van der Waals surface area contributed by atoms with Gasteiger partial charge in [0.25, 0.3) is 0 Å². The second kappa shape index (κ2) is 7.85. The van der Waals surface area contributed by atoms with Gasteiger partial charge in [-0.15, -0.1) is 12.4 Å². The molecule has 3 aromatic rings. The van der Waals surface area contributed by atoms with Gasteiger partial charge < -0.3 is 15.8 Å². The first-order valence-corrected chi connectivity index (χ1v) is 8.79. The average molecular weight is 401 g/mol. The Morgan fingerprint density at radius 2 is 2.11 bits per heavy atom. The highest BCUT2D eigenvalue weighted by Gasteiger charge is 2.29. The molecule has 0 fully saturated rings. The van der Waals surface area contributed by atoms with E-state index in [2.05, 4.69) is 20.4 Å². The second-order valence-corrected chi connectivity index (χ2v) is 6.30. The van der Waals surface area contributed by atoms with E-state index in [1.165, 1.54) is 0 Å². The Hall–Kier alpha value is -3.13. The van der Waals surface area contributed by atoms with E-state index >= 15 is 0 Å². The zero-order valence-corrected chi connectivity index (χ0v) is 16.4. The standard InChI is InChI=1S/C19H20N6O2.ClH/c1-3-27-18(26)16-12-9-8-11-10-21-19(22-14-7-5-4-6-13(14)20)23-15(11)17(12)25(2)24-16;/h4-7,10H,3,8-9,20H2,1-2H3,(H,21,22,23);1H. The third kappa shape index (κ3) is 3.38. The molecule has 1 aliphatic rings. The number of hydrogen-bond acceptors (Lipinski definition) is 7. The zero-order valence-electron chi connectivity index (χ0n) is 15.6. The molecular weight excluding hydrogens is 380 g/mol. The molecule has 1 aliphatic carbocycles. The van der Waals surface area contributed by atoms with Crippen LogP contribution in [0.2, 0.25) is 0 Å². The van der Waals surface area contributed by atoms with Crippen molar-refractivity contribution in [3.05, 3.63) is 47.3 Å². The van der Waals surface area contributed by atoms with E-state index in [1.807, 2.05) is 30.5 Å². The minimum absolute atomic E-state index is 0. The molecule has 0 saturated heterocycles. The van der Waals surface area contributed by atoms with Crippen LogP contribution in [0.1, 0.15) is 28.5 Å². The molecule has 0 unspecified atom stereocenters. The Morgan fingerprint density at radius 3 is 2.86 bits per heavy atom. The molecule has 2 aromatic heterocycles. The van der Waals surface area contributed by atoms with Crippen molar-refractivity contribution in [1.29, 1.82) is 0 Å². The summed E-state index contributed by atoms with van der Waals surface area (Å²) in [6.07, 6.45) is 3.25. The van der Waals surface area contributed by atoms with Gasteiger partial charge in [-0.3, -0.25) is 4.68 Å². The highest BCUT2D eigenvalue weighted by Crippen LogP contribution is 2.34. The van der Waals surface area contributed by atoms with Crippen molar-refractivity contribution in [3.63, 3.8) is 0 Å². The summed E-state index contributed by atoms with van der Waals surface area (Å²) in [6, 6.07) is 7.44. The Morgan fingerprint density at radius 1 is 1.32 bits per heavy atom. The fourth-order valence-electron chi connectivity index (χ4n) is 3.31. The fourth-order valence-corrected chi connectivity index (χ4v) is 3.31. The van der Waals surface area contributed by atoms with Crippen LogP contribution >= 0.6 is 12.4 Å². The van der Waals surface area contributed by atoms with Crippen LogP contribution in [0.15, 0.2) is 30.5 Å². The summed E-state index contributed by atoms with van der Waals surface area (Å²) in [5.41, 5.74) is 11.2. The minimum atomic E-state index is -0.401. The Balaban J connectivity index is 0.00000225. The summed E-state index contributed by atoms with van der Waals surface area (Å²) in [5, 5.41) is 7.53. The van der Waals surface area contributed by atoms with E-state index < -0.39 is 5.97 Å². The molecule has 8 nitrogen and oxygen atoms in total. The lowest BCUT2D eigenvalue weighted by atomic mass is 9.93. The van der Waals surface area contributed by atoms with Crippen molar-refractivity contribution in [3.8, 4) is 11.4 Å². The van der Waals surface area contributed by atoms with Crippen LogP contribution < -0.4 is 11.1 Å².